The molecule has 0 unspecified atom stereocenters. The molecule has 1 aromatic carbocycles. The van der Waals surface area contributed by atoms with Gasteiger partial charge in [0.05, 0.1) is 11.8 Å². The maximum atomic E-state index is 12.0. The van der Waals surface area contributed by atoms with Gasteiger partial charge in [0.1, 0.15) is 17.9 Å². The zero-order chi connectivity index (χ0) is 19.3. The fourth-order valence-electron chi connectivity index (χ4n) is 3.62. The van der Waals surface area contributed by atoms with Crippen LogP contribution in [0.25, 0.3) is 0 Å². The Kier molecular flexibility index (Phi) is 5.53. The number of hydrogen-bond acceptors (Lipinski definition) is 5. The number of hydrogen-bond donors (Lipinski definition) is 1. The Morgan fingerprint density at radius 3 is 2.96 bits per heavy atom. The first-order chi connectivity index (χ1) is 13.7. The molecule has 0 atom stereocenters. The molecule has 1 aliphatic rings. The van der Waals surface area contributed by atoms with E-state index in [-0.39, 0.29) is 5.91 Å². The zero-order valence-electron chi connectivity index (χ0n) is 16.1. The molecule has 28 heavy (non-hydrogen) atoms. The van der Waals surface area contributed by atoms with E-state index in [1.165, 1.54) is 23.7 Å². The first kappa shape index (κ1) is 18.4. The van der Waals surface area contributed by atoms with Crippen molar-refractivity contribution in [3.05, 3.63) is 71.2 Å². The van der Waals surface area contributed by atoms with Crippen molar-refractivity contribution in [2.45, 2.75) is 32.9 Å². The lowest BCUT2D eigenvalue weighted by Crippen LogP contribution is -2.28. The molecule has 0 aliphatic carbocycles. The third-order valence-electron chi connectivity index (χ3n) is 5.10. The van der Waals surface area contributed by atoms with Gasteiger partial charge in [-0.1, -0.05) is 29.8 Å². The maximum absolute atomic E-state index is 12.0. The van der Waals surface area contributed by atoms with E-state index in [4.69, 9.17) is 4.42 Å². The minimum absolute atomic E-state index is 0.131. The lowest BCUT2D eigenvalue weighted by Gasteiger charge is -2.20. The average Bonchev–Trinajstić information content (AvgIpc) is 3.30. The van der Waals surface area contributed by atoms with Crippen molar-refractivity contribution >= 4 is 5.91 Å². The molecule has 7 heteroatoms. The Labute approximate surface area is 164 Å². The average molecular weight is 379 g/mol. The van der Waals surface area contributed by atoms with Crippen LogP contribution in [-0.2, 0) is 25.9 Å². The van der Waals surface area contributed by atoms with E-state index < -0.39 is 0 Å². The van der Waals surface area contributed by atoms with E-state index in [9.17, 15) is 4.79 Å². The predicted molar refractivity (Wildman–Crippen MR) is 105 cm³/mol. The van der Waals surface area contributed by atoms with Crippen LogP contribution in [0.4, 0.5) is 0 Å². The number of carbonyl (C=O) groups is 1. The number of benzene rings is 1. The molecule has 2 aromatic heterocycles. The minimum Gasteiger partial charge on any atom is -0.472 e. The molecule has 1 aliphatic heterocycles. The fourth-order valence-corrected chi connectivity index (χ4v) is 3.62. The maximum Gasteiger partial charge on any atom is 0.254 e. The third-order valence-corrected chi connectivity index (χ3v) is 5.10. The summed E-state index contributed by atoms with van der Waals surface area (Å²) in [6, 6.07) is 10.3. The van der Waals surface area contributed by atoms with Crippen molar-refractivity contribution in [3.8, 4) is 0 Å². The predicted octanol–water partition coefficient (Wildman–Crippen LogP) is 2.21. The van der Waals surface area contributed by atoms with Crippen molar-refractivity contribution in [3.63, 3.8) is 0 Å². The molecular formula is C21H25N5O2. The van der Waals surface area contributed by atoms with E-state index >= 15 is 0 Å². The molecule has 3 aromatic rings. The Bertz CT molecular complexity index is 932. The van der Waals surface area contributed by atoms with Crippen molar-refractivity contribution < 1.29 is 9.21 Å². The van der Waals surface area contributed by atoms with Gasteiger partial charge in [0, 0.05) is 45.6 Å². The Hall–Kier alpha value is -2.93. The molecule has 7 nitrogen and oxygen atoms in total. The van der Waals surface area contributed by atoms with Gasteiger partial charge in [-0.2, -0.15) is 0 Å². The number of nitrogens with zero attached hydrogens (tertiary/aromatic N) is 4. The third kappa shape index (κ3) is 4.31. The van der Waals surface area contributed by atoms with Gasteiger partial charge in [0.15, 0.2) is 0 Å². The van der Waals surface area contributed by atoms with Gasteiger partial charge in [0.2, 0.25) is 0 Å². The Morgan fingerprint density at radius 2 is 2.14 bits per heavy atom. The van der Waals surface area contributed by atoms with Crippen LogP contribution in [0.2, 0.25) is 0 Å². The fraction of sp³-hybridized carbons (Fsp3) is 0.381. The summed E-state index contributed by atoms with van der Waals surface area (Å²) in [4.78, 5) is 14.5. The van der Waals surface area contributed by atoms with E-state index in [1.807, 2.05) is 0 Å². The van der Waals surface area contributed by atoms with E-state index in [2.05, 4.69) is 56.2 Å². The molecular weight excluding hydrogens is 354 g/mol. The van der Waals surface area contributed by atoms with E-state index in [1.54, 1.807) is 6.07 Å². The van der Waals surface area contributed by atoms with Gasteiger partial charge < -0.3 is 14.3 Å². The van der Waals surface area contributed by atoms with Crippen LogP contribution in [-0.4, -0.2) is 45.2 Å². The quantitative estimate of drug-likeness (QED) is 0.711. The summed E-state index contributed by atoms with van der Waals surface area (Å²) < 4.78 is 7.15. The van der Waals surface area contributed by atoms with Crippen LogP contribution in [0.1, 0.15) is 33.1 Å². The smallest absolute Gasteiger partial charge is 0.254 e. The van der Waals surface area contributed by atoms with Crippen LogP contribution >= 0.6 is 0 Å². The van der Waals surface area contributed by atoms with Crippen LogP contribution in [0.5, 0.6) is 0 Å². The molecule has 0 saturated heterocycles. The summed E-state index contributed by atoms with van der Waals surface area (Å²) >= 11 is 0. The summed E-state index contributed by atoms with van der Waals surface area (Å²) in [5, 5.41) is 11.6. The summed E-state index contributed by atoms with van der Waals surface area (Å²) in [5.74, 6) is 1.83. The number of amides is 1. The lowest BCUT2D eigenvalue weighted by molar-refractivity contribution is 0.0953. The SMILES string of the molecule is Cc1cccc(CN2CCc3nnc(CCNC(=O)c4ccoc4)n3CC2)c1. The van der Waals surface area contributed by atoms with Crippen molar-refractivity contribution in [2.75, 3.05) is 19.6 Å². The monoisotopic (exact) mass is 379 g/mol. The largest absolute Gasteiger partial charge is 0.472 e. The molecule has 1 N–H and O–H groups in total. The summed E-state index contributed by atoms with van der Waals surface area (Å²) in [6.07, 6.45) is 4.49. The second-order valence-electron chi connectivity index (χ2n) is 7.22. The Balaban J connectivity index is 1.32. The van der Waals surface area contributed by atoms with Crippen LogP contribution in [0.15, 0.2) is 47.3 Å². The normalized spacial score (nSPS) is 14.5. The first-order valence-corrected chi connectivity index (χ1v) is 9.68. The summed E-state index contributed by atoms with van der Waals surface area (Å²) in [6.45, 7) is 6.42. The summed E-state index contributed by atoms with van der Waals surface area (Å²) in [7, 11) is 0. The molecule has 0 bridgehead atoms. The van der Waals surface area contributed by atoms with Crippen molar-refractivity contribution in [2.24, 2.45) is 0 Å². The number of aryl methyl sites for hydroxylation is 1. The molecule has 0 fully saturated rings. The second kappa shape index (κ2) is 8.39. The number of aromatic nitrogens is 3. The number of fused-ring (bicyclic) bond motifs is 1. The van der Waals surface area contributed by atoms with Gasteiger partial charge in [0.25, 0.3) is 5.91 Å². The van der Waals surface area contributed by atoms with Gasteiger partial charge in [-0.05, 0) is 18.6 Å². The Morgan fingerprint density at radius 1 is 1.21 bits per heavy atom. The highest BCUT2D eigenvalue weighted by Gasteiger charge is 2.19. The number of nitrogens with one attached hydrogen (secondary N) is 1. The molecule has 0 radical (unpaired) electrons. The van der Waals surface area contributed by atoms with Crippen LogP contribution in [0.3, 0.4) is 0 Å². The topological polar surface area (TPSA) is 76.2 Å². The summed E-state index contributed by atoms with van der Waals surface area (Å²) in [5.41, 5.74) is 3.18. The zero-order valence-corrected chi connectivity index (χ0v) is 16.1. The molecule has 0 spiro atoms. The van der Waals surface area contributed by atoms with Gasteiger partial charge in [-0.25, -0.2) is 0 Å². The minimum atomic E-state index is -0.131. The number of carbonyl (C=O) groups excluding carboxylic acids is 1. The van der Waals surface area contributed by atoms with E-state index in [0.717, 1.165) is 44.2 Å². The first-order valence-electron chi connectivity index (χ1n) is 9.68. The second-order valence-corrected chi connectivity index (χ2v) is 7.22. The molecule has 3 heterocycles. The van der Waals surface area contributed by atoms with Crippen LogP contribution < -0.4 is 5.32 Å². The number of rotatable bonds is 6. The van der Waals surface area contributed by atoms with Crippen LogP contribution in [0, 0.1) is 6.92 Å². The molecule has 1 amide bonds. The standard InChI is InChI=1S/C21H25N5O2/c1-16-3-2-4-17(13-16)14-25-9-6-20-24-23-19(26(20)11-10-25)5-8-22-21(27)18-7-12-28-15-18/h2-4,7,12-13,15H,5-6,8-11,14H2,1H3,(H,22,27). The van der Waals surface area contributed by atoms with Crippen molar-refractivity contribution in [1.82, 2.24) is 25.0 Å². The molecule has 146 valence electrons. The molecule has 4 rings (SSSR count). The van der Waals surface area contributed by atoms with Gasteiger partial charge in [-0.3, -0.25) is 9.69 Å². The highest BCUT2D eigenvalue weighted by Crippen LogP contribution is 2.13. The van der Waals surface area contributed by atoms with Gasteiger partial charge in [-0.15, -0.1) is 10.2 Å². The number of furan rings is 1. The van der Waals surface area contributed by atoms with E-state index in [0.29, 0.717) is 18.5 Å². The van der Waals surface area contributed by atoms with Gasteiger partial charge >= 0.3 is 0 Å². The highest BCUT2D eigenvalue weighted by atomic mass is 16.3. The van der Waals surface area contributed by atoms with Crippen molar-refractivity contribution in [1.29, 1.82) is 0 Å². The lowest BCUT2D eigenvalue weighted by atomic mass is 10.1. The highest BCUT2D eigenvalue weighted by molar-refractivity contribution is 5.93. The molecule has 0 saturated carbocycles.